The van der Waals surface area contributed by atoms with Crippen molar-refractivity contribution in [2.75, 3.05) is 0 Å². The monoisotopic (exact) mass is 528 g/mol. The first-order valence-corrected chi connectivity index (χ1v) is 14.1. The van der Waals surface area contributed by atoms with Gasteiger partial charge in [0, 0.05) is 60.5 Å². The molecule has 0 spiro atoms. The van der Waals surface area contributed by atoms with E-state index >= 15 is 0 Å². The van der Waals surface area contributed by atoms with Crippen LogP contribution in [0.3, 0.4) is 0 Å². The molecule has 5 heteroatoms. The van der Waals surface area contributed by atoms with Crippen molar-refractivity contribution in [3.8, 4) is 16.8 Å². The number of nitrogens with zero attached hydrogens (tertiary/aromatic N) is 4. The lowest BCUT2D eigenvalue weighted by Gasteiger charge is -2.13. The van der Waals surface area contributed by atoms with Gasteiger partial charge in [-0.25, -0.2) is 0 Å². The van der Waals surface area contributed by atoms with Crippen molar-refractivity contribution in [2.24, 2.45) is 0 Å². The number of thiophene rings is 1. The van der Waals surface area contributed by atoms with Gasteiger partial charge in [0.1, 0.15) is 0 Å². The predicted molar refractivity (Wildman–Crippen MR) is 168 cm³/mol. The minimum absolute atomic E-state index is 0.903. The summed E-state index contributed by atoms with van der Waals surface area (Å²) in [6.45, 7) is 0. The Balaban J connectivity index is 1.48. The summed E-state index contributed by atoms with van der Waals surface area (Å²) in [4.78, 5) is 14.6. The van der Waals surface area contributed by atoms with Gasteiger partial charge in [-0.2, -0.15) is 0 Å². The van der Waals surface area contributed by atoms with Crippen molar-refractivity contribution in [1.82, 2.24) is 19.5 Å². The molecule has 0 aliphatic carbocycles. The molecule has 0 saturated carbocycles. The highest BCUT2D eigenvalue weighted by Gasteiger charge is 2.20. The average molecular weight is 529 g/mol. The molecule has 4 aromatic carbocycles. The van der Waals surface area contributed by atoms with Crippen LogP contribution in [0, 0.1) is 0 Å². The Bertz CT molecular complexity index is 2440. The van der Waals surface area contributed by atoms with E-state index in [0.29, 0.717) is 0 Å². The second-order valence-corrected chi connectivity index (χ2v) is 11.2. The van der Waals surface area contributed by atoms with Crippen LogP contribution in [0.15, 0.2) is 122 Å². The van der Waals surface area contributed by atoms with Gasteiger partial charge >= 0.3 is 0 Å². The third kappa shape index (κ3) is 3.04. The van der Waals surface area contributed by atoms with E-state index in [2.05, 4.69) is 89.5 Å². The fourth-order valence-corrected chi connectivity index (χ4v) is 7.21. The van der Waals surface area contributed by atoms with Crippen LogP contribution in [0.4, 0.5) is 0 Å². The molecule has 0 atom stereocenters. The largest absolute Gasteiger partial charge is 0.307 e. The summed E-state index contributed by atoms with van der Waals surface area (Å²) < 4.78 is 4.95. The van der Waals surface area contributed by atoms with Gasteiger partial charge in [0.2, 0.25) is 0 Å². The zero-order chi connectivity index (χ0) is 26.2. The van der Waals surface area contributed by atoms with Crippen molar-refractivity contribution >= 4 is 75.3 Å². The summed E-state index contributed by atoms with van der Waals surface area (Å²) in [6.07, 6.45) is 5.69. The van der Waals surface area contributed by atoms with Crippen LogP contribution in [-0.2, 0) is 0 Å². The first kappa shape index (κ1) is 21.8. The second-order valence-electron chi connectivity index (χ2n) is 10.1. The maximum absolute atomic E-state index is 5.10. The van der Waals surface area contributed by atoms with Gasteiger partial charge in [-0.1, -0.05) is 54.6 Å². The van der Waals surface area contributed by atoms with Crippen LogP contribution in [0.1, 0.15) is 0 Å². The number of rotatable bonds is 2. The smallest absolute Gasteiger partial charge is 0.0985 e. The molecule has 186 valence electrons. The lowest BCUT2D eigenvalue weighted by atomic mass is 10.1. The Hall–Kier alpha value is -5.13. The fraction of sp³-hybridized carbons (Fsp3) is 0. The molecule has 9 rings (SSSR count). The molecule has 0 fully saturated rings. The van der Waals surface area contributed by atoms with Gasteiger partial charge in [-0.05, 0) is 54.1 Å². The molecule has 0 unspecified atom stereocenters. The second kappa shape index (κ2) is 8.18. The summed E-state index contributed by atoms with van der Waals surface area (Å²) >= 11 is 1.84. The third-order valence-corrected chi connectivity index (χ3v) is 9.02. The van der Waals surface area contributed by atoms with Crippen molar-refractivity contribution in [2.45, 2.75) is 0 Å². The average Bonchev–Trinajstić information content (AvgIpc) is 3.54. The molecule has 0 aliphatic rings. The fourth-order valence-electron chi connectivity index (χ4n) is 6.09. The van der Waals surface area contributed by atoms with Gasteiger partial charge in [0.05, 0.1) is 33.3 Å². The standard InChI is InChI=1S/C35H20N4S/c1-2-8-21(9-3-1)23-17-30-34(38-20-23)27-18-26-24-11-4-5-13-31(24)40-32(26)19-29(27)39(30)28-16-22-10-6-14-36-33(22)35-25(28)12-7-15-37-35/h1-20H. The molecule has 0 radical (unpaired) electrons. The highest BCUT2D eigenvalue weighted by molar-refractivity contribution is 7.25. The zero-order valence-corrected chi connectivity index (χ0v) is 22.1. The predicted octanol–water partition coefficient (Wildman–Crippen LogP) is 9.31. The van der Waals surface area contributed by atoms with Crippen molar-refractivity contribution in [3.63, 3.8) is 0 Å². The van der Waals surface area contributed by atoms with Crippen LogP contribution in [0.25, 0.3) is 80.7 Å². The van der Waals surface area contributed by atoms with Crippen molar-refractivity contribution in [1.29, 1.82) is 0 Å². The highest BCUT2D eigenvalue weighted by Crippen LogP contribution is 2.42. The van der Waals surface area contributed by atoms with Gasteiger partial charge < -0.3 is 4.57 Å². The highest BCUT2D eigenvalue weighted by atomic mass is 32.1. The van der Waals surface area contributed by atoms with Gasteiger partial charge in [0.25, 0.3) is 0 Å². The minimum atomic E-state index is 0.903. The summed E-state index contributed by atoms with van der Waals surface area (Å²) in [5.74, 6) is 0. The lowest BCUT2D eigenvalue weighted by Crippen LogP contribution is -1.98. The summed E-state index contributed by atoms with van der Waals surface area (Å²) in [5, 5.41) is 5.84. The number of hydrogen-bond donors (Lipinski definition) is 0. The summed E-state index contributed by atoms with van der Waals surface area (Å²) in [7, 11) is 0. The maximum atomic E-state index is 5.10. The first-order valence-electron chi connectivity index (χ1n) is 13.3. The van der Waals surface area contributed by atoms with Crippen LogP contribution < -0.4 is 0 Å². The molecular weight excluding hydrogens is 508 g/mol. The van der Waals surface area contributed by atoms with Gasteiger partial charge in [0.15, 0.2) is 0 Å². The Morgan fingerprint density at radius 3 is 2.23 bits per heavy atom. The molecule has 0 aliphatic heterocycles. The number of fused-ring (bicyclic) bond motifs is 9. The normalized spacial score (nSPS) is 12.0. The molecule has 9 aromatic rings. The van der Waals surface area contributed by atoms with Gasteiger partial charge in [-0.3, -0.25) is 15.0 Å². The van der Waals surface area contributed by atoms with E-state index in [0.717, 1.165) is 60.6 Å². The molecular formula is C35H20N4S. The van der Waals surface area contributed by atoms with E-state index in [1.165, 1.54) is 20.2 Å². The van der Waals surface area contributed by atoms with E-state index in [9.17, 15) is 0 Å². The SMILES string of the molecule is c1ccc(-c2cnc3c4cc5c(cc4n(-c4cc6cccnc6c6ncccc46)c3c2)sc2ccccc25)cc1. The summed E-state index contributed by atoms with van der Waals surface area (Å²) in [6, 6.07) is 36.6. The molecule has 4 nitrogen and oxygen atoms in total. The van der Waals surface area contributed by atoms with Crippen molar-refractivity contribution < 1.29 is 0 Å². The Labute approximate surface area is 232 Å². The van der Waals surface area contributed by atoms with E-state index < -0.39 is 0 Å². The Kier molecular flexibility index (Phi) is 4.45. The van der Waals surface area contributed by atoms with E-state index in [-0.39, 0.29) is 0 Å². The van der Waals surface area contributed by atoms with Crippen LogP contribution in [0.2, 0.25) is 0 Å². The van der Waals surface area contributed by atoms with E-state index in [1.54, 1.807) is 0 Å². The number of benzene rings is 4. The Morgan fingerprint density at radius 1 is 0.500 bits per heavy atom. The van der Waals surface area contributed by atoms with Crippen LogP contribution in [-0.4, -0.2) is 19.5 Å². The van der Waals surface area contributed by atoms with E-state index in [4.69, 9.17) is 15.0 Å². The summed E-state index contributed by atoms with van der Waals surface area (Å²) in [5.41, 5.74) is 8.35. The molecule has 0 bridgehead atoms. The first-order chi connectivity index (χ1) is 19.8. The lowest BCUT2D eigenvalue weighted by molar-refractivity contribution is 1.19. The molecule has 0 amide bonds. The maximum Gasteiger partial charge on any atom is 0.0985 e. The molecule has 0 N–H and O–H groups in total. The Morgan fingerprint density at radius 2 is 1.30 bits per heavy atom. The number of hydrogen-bond acceptors (Lipinski definition) is 4. The quantitative estimate of drug-likeness (QED) is 0.210. The zero-order valence-electron chi connectivity index (χ0n) is 21.2. The molecule has 5 aromatic heterocycles. The van der Waals surface area contributed by atoms with Crippen molar-refractivity contribution in [3.05, 3.63) is 122 Å². The molecule has 0 saturated heterocycles. The third-order valence-electron chi connectivity index (χ3n) is 7.89. The van der Waals surface area contributed by atoms with Gasteiger partial charge in [-0.15, -0.1) is 11.3 Å². The minimum Gasteiger partial charge on any atom is -0.307 e. The molecule has 5 heterocycles. The number of aromatic nitrogens is 4. The van der Waals surface area contributed by atoms with E-state index in [1.807, 2.05) is 48.1 Å². The van der Waals surface area contributed by atoms with Crippen LogP contribution in [0.5, 0.6) is 0 Å². The number of pyridine rings is 3. The topological polar surface area (TPSA) is 43.6 Å². The molecule has 40 heavy (non-hydrogen) atoms. The van der Waals surface area contributed by atoms with Crippen LogP contribution >= 0.6 is 11.3 Å².